The van der Waals surface area contributed by atoms with E-state index < -0.39 is 0 Å². The molecule has 0 saturated carbocycles. The van der Waals surface area contributed by atoms with Gasteiger partial charge in [0.25, 0.3) is 5.56 Å². The number of benzene rings is 1. The Hall–Kier alpha value is -2.69. The summed E-state index contributed by atoms with van der Waals surface area (Å²) in [7, 11) is 0. The first-order valence-corrected chi connectivity index (χ1v) is 6.14. The van der Waals surface area contributed by atoms with E-state index in [0.717, 1.165) is 5.56 Å². The predicted molar refractivity (Wildman–Crippen MR) is 75.1 cm³/mol. The number of nitrogens with two attached hydrogens (primary N) is 1. The van der Waals surface area contributed by atoms with Crippen molar-refractivity contribution in [1.82, 2.24) is 9.38 Å². The Labute approximate surface area is 114 Å². The third-order valence-electron chi connectivity index (χ3n) is 3.11. The number of hydrogen-bond acceptors (Lipinski definition) is 3. The zero-order chi connectivity index (χ0) is 14.1. The standard InChI is InChI=1S/C15H12FN3O/c16-12-5-3-10(4-6-12)8-11-9-19-7-1-2-13(17)14(19)18-15(11)20/h1-7,9H,8,17H2. The Morgan fingerprint density at radius 1 is 1.20 bits per heavy atom. The highest BCUT2D eigenvalue weighted by Crippen LogP contribution is 2.11. The molecule has 100 valence electrons. The molecule has 4 nitrogen and oxygen atoms in total. The van der Waals surface area contributed by atoms with E-state index >= 15 is 0 Å². The summed E-state index contributed by atoms with van der Waals surface area (Å²) in [4.78, 5) is 16.0. The second kappa shape index (κ2) is 4.77. The number of anilines is 1. The van der Waals surface area contributed by atoms with E-state index in [-0.39, 0.29) is 11.4 Å². The molecule has 0 amide bonds. The molecule has 0 aliphatic carbocycles. The molecule has 3 rings (SSSR count). The molecule has 0 aliphatic rings. The highest BCUT2D eigenvalue weighted by molar-refractivity contribution is 5.63. The topological polar surface area (TPSA) is 60.4 Å². The van der Waals surface area contributed by atoms with Gasteiger partial charge in [-0.1, -0.05) is 12.1 Å². The van der Waals surface area contributed by atoms with Gasteiger partial charge in [0.05, 0.1) is 5.69 Å². The molecule has 2 N–H and O–H groups in total. The molecular formula is C15H12FN3O. The summed E-state index contributed by atoms with van der Waals surface area (Å²) in [6.45, 7) is 0. The van der Waals surface area contributed by atoms with E-state index in [4.69, 9.17) is 5.73 Å². The zero-order valence-corrected chi connectivity index (χ0v) is 10.6. The Morgan fingerprint density at radius 3 is 2.70 bits per heavy atom. The van der Waals surface area contributed by atoms with Crippen LogP contribution in [-0.2, 0) is 6.42 Å². The molecule has 0 atom stereocenters. The quantitative estimate of drug-likeness (QED) is 0.774. The van der Waals surface area contributed by atoms with Crippen molar-refractivity contribution in [1.29, 1.82) is 0 Å². The van der Waals surface area contributed by atoms with Crippen LogP contribution in [0.3, 0.4) is 0 Å². The van der Waals surface area contributed by atoms with Gasteiger partial charge >= 0.3 is 0 Å². The molecule has 5 heteroatoms. The van der Waals surface area contributed by atoms with Crippen molar-refractivity contribution in [2.45, 2.75) is 6.42 Å². The molecule has 0 unspecified atom stereocenters. The van der Waals surface area contributed by atoms with Crippen molar-refractivity contribution >= 4 is 11.3 Å². The van der Waals surface area contributed by atoms with Crippen LogP contribution in [0.4, 0.5) is 10.1 Å². The molecule has 0 saturated heterocycles. The summed E-state index contributed by atoms with van der Waals surface area (Å²) in [5.41, 5.74) is 7.77. The van der Waals surface area contributed by atoms with Crippen LogP contribution >= 0.6 is 0 Å². The first kappa shape index (κ1) is 12.3. The van der Waals surface area contributed by atoms with Crippen molar-refractivity contribution in [2.75, 3.05) is 5.73 Å². The number of hydrogen-bond donors (Lipinski definition) is 1. The molecular weight excluding hydrogens is 257 g/mol. The highest BCUT2D eigenvalue weighted by atomic mass is 19.1. The van der Waals surface area contributed by atoms with Crippen LogP contribution in [0, 0.1) is 5.82 Å². The molecule has 0 aliphatic heterocycles. The maximum absolute atomic E-state index is 12.9. The lowest BCUT2D eigenvalue weighted by Gasteiger charge is -2.06. The number of nitrogens with zero attached hydrogens (tertiary/aromatic N) is 2. The van der Waals surface area contributed by atoms with Gasteiger partial charge in [-0.3, -0.25) is 4.79 Å². The second-order valence-corrected chi connectivity index (χ2v) is 4.57. The number of aromatic nitrogens is 2. The third kappa shape index (κ3) is 2.25. The van der Waals surface area contributed by atoms with Gasteiger partial charge in [0.2, 0.25) is 0 Å². The maximum atomic E-state index is 12.9. The molecule has 20 heavy (non-hydrogen) atoms. The normalized spacial score (nSPS) is 10.8. The molecule has 3 aromatic rings. The summed E-state index contributed by atoms with van der Waals surface area (Å²) >= 11 is 0. The summed E-state index contributed by atoms with van der Waals surface area (Å²) in [6.07, 6.45) is 3.90. The number of fused-ring (bicyclic) bond motifs is 1. The molecule has 0 bridgehead atoms. The fourth-order valence-corrected chi connectivity index (χ4v) is 2.09. The van der Waals surface area contributed by atoms with E-state index in [1.807, 2.05) is 0 Å². The largest absolute Gasteiger partial charge is 0.396 e. The van der Waals surface area contributed by atoms with Gasteiger partial charge in [0, 0.05) is 24.4 Å². The number of rotatable bonds is 2. The SMILES string of the molecule is Nc1cccn2cc(Cc3ccc(F)cc3)c(=O)nc12. The van der Waals surface area contributed by atoms with E-state index in [2.05, 4.69) is 4.98 Å². The molecule has 1 aromatic carbocycles. The van der Waals surface area contributed by atoms with Crippen LogP contribution in [0.5, 0.6) is 0 Å². The summed E-state index contributed by atoms with van der Waals surface area (Å²) in [5, 5.41) is 0. The van der Waals surface area contributed by atoms with Gasteiger partial charge in [-0.25, -0.2) is 4.39 Å². The summed E-state index contributed by atoms with van der Waals surface area (Å²) in [6, 6.07) is 9.54. The Morgan fingerprint density at radius 2 is 1.95 bits per heavy atom. The average molecular weight is 269 g/mol. The summed E-state index contributed by atoms with van der Waals surface area (Å²) < 4.78 is 14.6. The van der Waals surface area contributed by atoms with Gasteiger partial charge in [0.1, 0.15) is 5.82 Å². The van der Waals surface area contributed by atoms with Gasteiger partial charge in [0.15, 0.2) is 5.65 Å². The Balaban J connectivity index is 2.06. The minimum atomic E-state index is -0.313. The number of nitrogen functional groups attached to an aromatic ring is 1. The predicted octanol–water partition coefficient (Wildman–Crippen LogP) is 2.01. The fraction of sp³-hybridized carbons (Fsp3) is 0.0667. The first-order valence-electron chi connectivity index (χ1n) is 6.14. The third-order valence-corrected chi connectivity index (χ3v) is 3.11. The first-order chi connectivity index (χ1) is 9.63. The fourth-order valence-electron chi connectivity index (χ4n) is 2.09. The van der Waals surface area contributed by atoms with Crippen LogP contribution in [0.2, 0.25) is 0 Å². The van der Waals surface area contributed by atoms with Gasteiger partial charge in [-0.2, -0.15) is 4.98 Å². The maximum Gasteiger partial charge on any atom is 0.276 e. The van der Waals surface area contributed by atoms with Crippen molar-refractivity contribution in [3.05, 3.63) is 76.1 Å². The molecule has 0 spiro atoms. The van der Waals surface area contributed by atoms with Crippen LogP contribution in [0.15, 0.2) is 53.6 Å². The van der Waals surface area contributed by atoms with Crippen molar-refractivity contribution < 1.29 is 4.39 Å². The smallest absolute Gasteiger partial charge is 0.276 e. The van der Waals surface area contributed by atoms with Crippen LogP contribution in [0.25, 0.3) is 5.65 Å². The van der Waals surface area contributed by atoms with E-state index in [0.29, 0.717) is 23.3 Å². The average Bonchev–Trinajstić information content (AvgIpc) is 2.43. The number of pyridine rings is 1. The van der Waals surface area contributed by atoms with E-state index in [1.165, 1.54) is 12.1 Å². The van der Waals surface area contributed by atoms with Crippen molar-refractivity contribution in [3.8, 4) is 0 Å². The molecule has 2 heterocycles. The molecule has 2 aromatic heterocycles. The van der Waals surface area contributed by atoms with Crippen molar-refractivity contribution in [3.63, 3.8) is 0 Å². The monoisotopic (exact) mass is 269 g/mol. The van der Waals surface area contributed by atoms with Crippen molar-refractivity contribution in [2.24, 2.45) is 0 Å². The van der Waals surface area contributed by atoms with E-state index in [1.54, 1.807) is 41.1 Å². The van der Waals surface area contributed by atoms with Crippen LogP contribution in [0.1, 0.15) is 11.1 Å². The van der Waals surface area contributed by atoms with Gasteiger partial charge < -0.3 is 10.1 Å². The second-order valence-electron chi connectivity index (χ2n) is 4.57. The van der Waals surface area contributed by atoms with E-state index in [9.17, 15) is 9.18 Å². The minimum Gasteiger partial charge on any atom is -0.396 e. The number of halogens is 1. The lowest BCUT2D eigenvalue weighted by Crippen LogP contribution is -2.16. The highest BCUT2D eigenvalue weighted by Gasteiger charge is 2.06. The lowest BCUT2D eigenvalue weighted by molar-refractivity contribution is 0.627. The van der Waals surface area contributed by atoms with Crippen LogP contribution in [-0.4, -0.2) is 9.38 Å². The Bertz CT molecular complexity index is 825. The zero-order valence-electron chi connectivity index (χ0n) is 10.6. The van der Waals surface area contributed by atoms with Crippen LogP contribution < -0.4 is 11.3 Å². The summed E-state index contributed by atoms with van der Waals surface area (Å²) in [5.74, 6) is -0.296. The molecule has 0 fully saturated rings. The van der Waals surface area contributed by atoms with Gasteiger partial charge in [-0.05, 0) is 29.8 Å². The van der Waals surface area contributed by atoms with Gasteiger partial charge in [-0.15, -0.1) is 0 Å². The minimum absolute atomic E-state index is 0.296. The Kier molecular flexibility index (Phi) is 2.95. The molecule has 0 radical (unpaired) electrons. The lowest BCUT2D eigenvalue weighted by atomic mass is 10.1.